The zero-order valence-corrected chi connectivity index (χ0v) is 9.43. The van der Waals surface area contributed by atoms with E-state index in [2.05, 4.69) is 13.2 Å². The van der Waals surface area contributed by atoms with E-state index >= 15 is 0 Å². The Labute approximate surface area is 98.2 Å². The summed E-state index contributed by atoms with van der Waals surface area (Å²) in [6.07, 6.45) is 0.0454. The molecule has 0 saturated heterocycles. The lowest BCUT2D eigenvalue weighted by molar-refractivity contribution is -0.179. The van der Waals surface area contributed by atoms with Crippen LogP contribution in [0.1, 0.15) is 19.8 Å². The van der Waals surface area contributed by atoms with E-state index in [0.717, 1.165) is 0 Å². The third-order valence-electron chi connectivity index (χ3n) is 1.94. The van der Waals surface area contributed by atoms with Gasteiger partial charge in [-0.15, -0.1) is 6.58 Å². The molecule has 0 aliphatic carbocycles. The highest BCUT2D eigenvalue weighted by Gasteiger charge is 2.44. The fraction of sp³-hybridized carbons (Fsp3) is 0.364. The number of carboxylic acid groups (broad SMARTS) is 2. The molecule has 0 spiro atoms. The average Bonchev–Trinajstić information content (AvgIpc) is 2.16. The first-order chi connectivity index (χ1) is 7.75. The number of ether oxygens (including phenoxy) is 1. The summed E-state index contributed by atoms with van der Waals surface area (Å²) in [5.41, 5.74) is -2.14. The van der Waals surface area contributed by atoms with Crippen LogP contribution in [-0.4, -0.2) is 33.7 Å². The smallest absolute Gasteiger partial charge is 0.349 e. The van der Waals surface area contributed by atoms with Crippen LogP contribution in [0.2, 0.25) is 0 Å². The molecular weight excluding hydrogens is 228 g/mol. The van der Waals surface area contributed by atoms with Gasteiger partial charge in [-0.25, -0.2) is 9.59 Å². The molecule has 0 aromatic heterocycles. The maximum atomic E-state index is 11.3. The van der Waals surface area contributed by atoms with Crippen LogP contribution in [0.25, 0.3) is 0 Å². The van der Waals surface area contributed by atoms with Gasteiger partial charge >= 0.3 is 17.9 Å². The van der Waals surface area contributed by atoms with E-state index in [-0.39, 0.29) is 12.0 Å². The molecule has 0 aliphatic heterocycles. The molecule has 0 aromatic rings. The van der Waals surface area contributed by atoms with Crippen LogP contribution in [0.3, 0.4) is 0 Å². The Kier molecular flexibility index (Phi) is 5.11. The van der Waals surface area contributed by atoms with Crippen molar-refractivity contribution in [3.05, 3.63) is 24.8 Å². The third kappa shape index (κ3) is 4.10. The van der Waals surface area contributed by atoms with E-state index in [1.54, 1.807) is 0 Å². The van der Waals surface area contributed by atoms with Gasteiger partial charge in [0.05, 0.1) is 6.42 Å². The van der Waals surface area contributed by atoms with Gasteiger partial charge in [0.15, 0.2) is 0 Å². The number of carbonyl (C=O) groups is 3. The van der Waals surface area contributed by atoms with Crippen LogP contribution in [0, 0.1) is 0 Å². The summed E-state index contributed by atoms with van der Waals surface area (Å²) in [6.45, 7) is 7.95. The molecule has 0 radical (unpaired) electrons. The maximum Gasteiger partial charge on any atom is 0.349 e. The highest BCUT2D eigenvalue weighted by molar-refractivity contribution is 5.92. The Morgan fingerprint density at radius 1 is 1.35 bits per heavy atom. The molecule has 0 fully saturated rings. The minimum Gasteiger partial charge on any atom is -0.481 e. The largest absolute Gasteiger partial charge is 0.481 e. The molecule has 0 aliphatic rings. The van der Waals surface area contributed by atoms with Gasteiger partial charge in [0.25, 0.3) is 0 Å². The lowest BCUT2D eigenvalue weighted by atomic mass is 9.95. The van der Waals surface area contributed by atoms with Gasteiger partial charge in [0.1, 0.15) is 0 Å². The van der Waals surface area contributed by atoms with Crippen molar-refractivity contribution in [2.75, 3.05) is 0 Å². The van der Waals surface area contributed by atoms with E-state index in [1.807, 2.05) is 0 Å². The van der Waals surface area contributed by atoms with Gasteiger partial charge in [-0.1, -0.05) is 12.7 Å². The molecular formula is C11H14O6. The number of hydrogen-bond donors (Lipinski definition) is 2. The molecule has 6 nitrogen and oxygen atoms in total. The predicted molar refractivity (Wildman–Crippen MR) is 58.3 cm³/mol. The SMILES string of the molecule is C=CCC(CC(=O)O)(OC(=O)C(=C)C)C(=O)O. The Bertz CT molecular complexity index is 370. The second kappa shape index (κ2) is 5.83. The summed E-state index contributed by atoms with van der Waals surface area (Å²) in [6, 6.07) is 0. The van der Waals surface area contributed by atoms with E-state index in [1.165, 1.54) is 13.0 Å². The summed E-state index contributed by atoms with van der Waals surface area (Å²) >= 11 is 0. The predicted octanol–water partition coefficient (Wildman–Crippen LogP) is 0.980. The van der Waals surface area contributed by atoms with E-state index in [4.69, 9.17) is 14.9 Å². The summed E-state index contributed by atoms with van der Waals surface area (Å²) < 4.78 is 4.72. The summed E-state index contributed by atoms with van der Waals surface area (Å²) in [4.78, 5) is 33.0. The zero-order valence-electron chi connectivity index (χ0n) is 9.43. The molecule has 94 valence electrons. The summed E-state index contributed by atoms with van der Waals surface area (Å²) in [5.74, 6) is -3.87. The number of carboxylic acids is 2. The van der Waals surface area contributed by atoms with Gasteiger partial charge in [-0.2, -0.15) is 0 Å². The van der Waals surface area contributed by atoms with Crippen molar-refractivity contribution in [3.8, 4) is 0 Å². The quantitative estimate of drug-likeness (QED) is 0.392. The normalized spacial score (nSPS) is 13.2. The third-order valence-corrected chi connectivity index (χ3v) is 1.94. The Morgan fingerprint density at radius 3 is 2.18 bits per heavy atom. The number of hydrogen-bond acceptors (Lipinski definition) is 4. The second-order valence-electron chi connectivity index (χ2n) is 3.53. The average molecular weight is 242 g/mol. The first-order valence-electron chi connectivity index (χ1n) is 4.70. The molecule has 17 heavy (non-hydrogen) atoms. The molecule has 0 aromatic carbocycles. The van der Waals surface area contributed by atoms with Gasteiger partial charge in [0.2, 0.25) is 5.60 Å². The van der Waals surface area contributed by atoms with Crippen molar-refractivity contribution < 1.29 is 29.3 Å². The highest BCUT2D eigenvalue weighted by atomic mass is 16.6. The van der Waals surface area contributed by atoms with Crippen LogP contribution in [-0.2, 0) is 19.1 Å². The molecule has 6 heteroatoms. The van der Waals surface area contributed by atoms with E-state index in [9.17, 15) is 14.4 Å². The lowest BCUT2D eigenvalue weighted by Gasteiger charge is -2.26. The molecule has 0 heterocycles. The van der Waals surface area contributed by atoms with Gasteiger partial charge < -0.3 is 14.9 Å². The maximum absolute atomic E-state index is 11.3. The molecule has 0 amide bonds. The van der Waals surface area contributed by atoms with Crippen molar-refractivity contribution in [2.24, 2.45) is 0 Å². The monoisotopic (exact) mass is 242 g/mol. The van der Waals surface area contributed by atoms with Crippen LogP contribution >= 0.6 is 0 Å². The minimum atomic E-state index is -2.14. The summed E-state index contributed by atoms with van der Waals surface area (Å²) in [5, 5.41) is 17.7. The van der Waals surface area contributed by atoms with Gasteiger partial charge in [0, 0.05) is 12.0 Å². The fourth-order valence-corrected chi connectivity index (χ4v) is 1.10. The van der Waals surface area contributed by atoms with Crippen LogP contribution < -0.4 is 0 Å². The van der Waals surface area contributed by atoms with E-state index in [0.29, 0.717) is 0 Å². The molecule has 2 N–H and O–H groups in total. The molecule has 1 unspecified atom stereocenters. The highest BCUT2D eigenvalue weighted by Crippen LogP contribution is 2.23. The number of aliphatic carboxylic acids is 2. The topological polar surface area (TPSA) is 101 Å². The van der Waals surface area contributed by atoms with Crippen molar-refractivity contribution in [3.63, 3.8) is 0 Å². The fourth-order valence-electron chi connectivity index (χ4n) is 1.10. The Morgan fingerprint density at radius 2 is 1.88 bits per heavy atom. The number of rotatable bonds is 7. The van der Waals surface area contributed by atoms with Crippen LogP contribution in [0.5, 0.6) is 0 Å². The van der Waals surface area contributed by atoms with Crippen molar-refractivity contribution in [2.45, 2.75) is 25.4 Å². The molecule has 1 atom stereocenters. The Balaban J connectivity index is 5.23. The second-order valence-corrected chi connectivity index (χ2v) is 3.53. The lowest BCUT2D eigenvalue weighted by Crippen LogP contribution is -2.45. The first kappa shape index (κ1) is 14.9. The summed E-state index contributed by atoms with van der Waals surface area (Å²) in [7, 11) is 0. The van der Waals surface area contributed by atoms with Crippen LogP contribution in [0.4, 0.5) is 0 Å². The van der Waals surface area contributed by atoms with Gasteiger partial charge in [-0.3, -0.25) is 4.79 Å². The van der Waals surface area contributed by atoms with Crippen LogP contribution in [0.15, 0.2) is 24.8 Å². The molecule has 0 saturated carbocycles. The van der Waals surface area contributed by atoms with Crippen molar-refractivity contribution >= 4 is 17.9 Å². The van der Waals surface area contributed by atoms with E-state index < -0.39 is 29.9 Å². The standard InChI is InChI=1S/C11H14O6/c1-4-5-11(10(15)16,6-8(12)13)17-9(14)7(2)3/h4H,1-2,5-6H2,3H3,(H,12,13)(H,15,16). The zero-order chi connectivity index (χ0) is 13.6. The Hall–Kier alpha value is -2.11. The molecule has 0 bridgehead atoms. The van der Waals surface area contributed by atoms with Gasteiger partial charge in [-0.05, 0) is 6.92 Å². The molecule has 0 rings (SSSR count). The first-order valence-corrected chi connectivity index (χ1v) is 4.70. The van der Waals surface area contributed by atoms with Crippen molar-refractivity contribution in [1.82, 2.24) is 0 Å². The number of esters is 1. The van der Waals surface area contributed by atoms with Crippen molar-refractivity contribution in [1.29, 1.82) is 0 Å². The minimum absolute atomic E-state index is 0.00919. The number of carbonyl (C=O) groups excluding carboxylic acids is 1.